The summed E-state index contributed by atoms with van der Waals surface area (Å²) in [5.74, 6) is 0.134. The lowest BCUT2D eigenvalue weighted by Crippen LogP contribution is -2.08. The maximum atomic E-state index is 12.2. The van der Waals surface area contributed by atoms with Crippen molar-refractivity contribution in [3.05, 3.63) is 65.7 Å². The average Bonchev–Trinajstić information content (AvgIpc) is 3.15. The first-order valence-corrected chi connectivity index (χ1v) is 9.62. The molecule has 6 heteroatoms. The Bertz CT molecular complexity index is 995. The zero-order chi connectivity index (χ0) is 20.8. The fourth-order valence-corrected chi connectivity index (χ4v) is 3.44. The van der Waals surface area contributed by atoms with Crippen LogP contribution >= 0.6 is 0 Å². The molecule has 0 aliphatic heterocycles. The van der Waals surface area contributed by atoms with Gasteiger partial charge in [0, 0.05) is 36.2 Å². The Morgan fingerprint density at radius 3 is 2.66 bits per heavy atom. The summed E-state index contributed by atoms with van der Waals surface area (Å²) < 4.78 is 12.5. The summed E-state index contributed by atoms with van der Waals surface area (Å²) in [5.41, 5.74) is 5.47. The van der Waals surface area contributed by atoms with Gasteiger partial charge in [-0.3, -0.25) is 0 Å². The summed E-state index contributed by atoms with van der Waals surface area (Å²) in [5, 5.41) is 3.52. The molecule has 0 fully saturated rings. The Labute approximate surface area is 171 Å². The van der Waals surface area contributed by atoms with Crippen LogP contribution in [0.15, 0.2) is 48.9 Å². The number of methoxy groups -OCH3 is 2. The van der Waals surface area contributed by atoms with Gasteiger partial charge in [0.15, 0.2) is 0 Å². The summed E-state index contributed by atoms with van der Waals surface area (Å²) in [7, 11) is 2.94. The minimum absolute atomic E-state index is 0.409. The van der Waals surface area contributed by atoms with Gasteiger partial charge in [-0.25, -0.2) is 9.78 Å². The number of carbonyl (C=O) groups is 1. The molecule has 152 valence electrons. The maximum absolute atomic E-state index is 12.2. The van der Waals surface area contributed by atoms with Gasteiger partial charge in [0.25, 0.3) is 0 Å². The van der Waals surface area contributed by atoms with E-state index in [9.17, 15) is 4.79 Å². The minimum Gasteiger partial charge on any atom is -0.496 e. The zero-order valence-electron chi connectivity index (χ0n) is 17.4. The van der Waals surface area contributed by atoms with Crippen LogP contribution in [0.25, 0.3) is 11.1 Å². The van der Waals surface area contributed by atoms with Crippen molar-refractivity contribution in [3.8, 4) is 16.9 Å². The van der Waals surface area contributed by atoms with Crippen molar-refractivity contribution < 1.29 is 14.3 Å². The van der Waals surface area contributed by atoms with Crippen molar-refractivity contribution in [2.45, 2.75) is 26.8 Å². The Morgan fingerprint density at radius 1 is 1.17 bits per heavy atom. The molecule has 1 heterocycles. The summed E-state index contributed by atoms with van der Waals surface area (Å²) in [4.78, 5) is 16.4. The smallest absolute Gasteiger partial charge is 0.341 e. The highest BCUT2D eigenvalue weighted by Crippen LogP contribution is 2.34. The number of carbonyl (C=O) groups excluding carboxylic acids is 1. The Hall–Kier alpha value is -3.28. The second-order valence-corrected chi connectivity index (χ2v) is 6.92. The van der Waals surface area contributed by atoms with Gasteiger partial charge in [-0.1, -0.05) is 18.2 Å². The number of imidazole rings is 1. The number of para-hydroxylation sites is 1. The van der Waals surface area contributed by atoms with Crippen LogP contribution in [-0.2, 0) is 11.3 Å². The molecule has 0 unspecified atom stereocenters. The SMILES string of the molecule is COC(=O)c1cc(-c2ccccc2NCCCn2cncc2C)cc(C)c1OC. The van der Waals surface area contributed by atoms with E-state index in [0.717, 1.165) is 47.6 Å². The molecule has 3 aromatic rings. The van der Waals surface area contributed by atoms with Crippen molar-refractivity contribution in [1.29, 1.82) is 0 Å². The third kappa shape index (κ3) is 4.59. The molecule has 29 heavy (non-hydrogen) atoms. The molecule has 0 aliphatic carbocycles. The highest BCUT2D eigenvalue weighted by Gasteiger charge is 2.18. The average molecular weight is 393 g/mol. The van der Waals surface area contributed by atoms with Crippen molar-refractivity contribution in [3.63, 3.8) is 0 Å². The van der Waals surface area contributed by atoms with Crippen molar-refractivity contribution in [2.24, 2.45) is 0 Å². The molecule has 0 saturated heterocycles. The maximum Gasteiger partial charge on any atom is 0.341 e. The number of aromatic nitrogens is 2. The van der Waals surface area contributed by atoms with Crippen molar-refractivity contribution in [2.75, 3.05) is 26.1 Å². The Balaban J connectivity index is 1.82. The van der Waals surface area contributed by atoms with E-state index in [1.54, 1.807) is 7.11 Å². The Morgan fingerprint density at radius 2 is 1.97 bits per heavy atom. The topological polar surface area (TPSA) is 65.4 Å². The van der Waals surface area contributed by atoms with Crippen LogP contribution in [0.5, 0.6) is 5.75 Å². The normalized spacial score (nSPS) is 10.6. The van der Waals surface area contributed by atoms with Gasteiger partial charge >= 0.3 is 5.97 Å². The predicted octanol–water partition coefficient (Wildman–Crippen LogP) is 4.46. The van der Waals surface area contributed by atoms with Gasteiger partial charge in [0.2, 0.25) is 0 Å². The van der Waals surface area contributed by atoms with Gasteiger partial charge in [-0.2, -0.15) is 0 Å². The molecule has 0 atom stereocenters. The highest BCUT2D eigenvalue weighted by atomic mass is 16.5. The van der Waals surface area contributed by atoms with Crippen LogP contribution in [0, 0.1) is 13.8 Å². The van der Waals surface area contributed by atoms with Crippen LogP contribution in [0.4, 0.5) is 5.69 Å². The lowest BCUT2D eigenvalue weighted by molar-refractivity contribution is 0.0597. The number of nitrogens with zero attached hydrogens (tertiary/aromatic N) is 2. The van der Waals surface area contributed by atoms with E-state index in [4.69, 9.17) is 9.47 Å². The number of aryl methyl sites for hydroxylation is 3. The van der Waals surface area contributed by atoms with Crippen LogP contribution in [0.2, 0.25) is 0 Å². The Kier molecular flexibility index (Phi) is 6.54. The first-order chi connectivity index (χ1) is 14.0. The first-order valence-electron chi connectivity index (χ1n) is 9.62. The molecule has 0 saturated carbocycles. The quantitative estimate of drug-likeness (QED) is 0.452. The largest absolute Gasteiger partial charge is 0.496 e. The third-order valence-corrected chi connectivity index (χ3v) is 4.93. The molecular formula is C23H27N3O3. The second kappa shape index (κ2) is 9.28. The highest BCUT2D eigenvalue weighted by molar-refractivity contribution is 5.95. The molecule has 1 N–H and O–H groups in total. The van der Waals surface area contributed by atoms with Crippen molar-refractivity contribution >= 4 is 11.7 Å². The van der Waals surface area contributed by atoms with Gasteiger partial charge in [-0.05, 0) is 49.6 Å². The number of ether oxygens (including phenoxy) is 2. The van der Waals surface area contributed by atoms with E-state index in [0.29, 0.717) is 11.3 Å². The number of nitrogens with one attached hydrogen (secondary N) is 1. The fourth-order valence-electron chi connectivity index (χ4n) is 3.44. The number of hydrogen-bond donors (Lipinski definition) is 1. The predicted molar refractivity (Wildman–Crippen MR) is 115 cm³/mol. The first kappa shape index (κ1) is 20.5. The van der Waals surface area contributed by atoms with E-state index >= 15 is 0 Å². The summed E-state index contributed by atoms with van der Waals surface area (Å²) >= 11 is 0. The number of esters is 1. The van der Waals surface area contributed by atoms with Crippen molar-refractivity contribution in [1.82, 2.24) is 9.55 Å². The molecule has 1 aromatic heterocycles. The lowest BCUT2D eigenvalue weighted by atomic mass is 9.97. The molecular weight excluding hydrogens is 366 g/mol. The lowest BCUT2D eigenvalue weighted by Gasteiger charge is -2.16. The number of rotatable bonds is 8. The third-order valence-electron chi connectivity index (χ3n) is 4.93. The van der Waals surface area contributed by atoms with E-state index < -0.39 is 5.97 Å². The van der Waals surface area contributed by atoms with Gasteiger partial charge < -0.3 is 19.4 Å². The number of anilines is 1. The molecule has 0 amide bonds. The second-order valence-electron chi connectivity index (χ2n) is 6.92. The van der Waals surface area contributed by atoms with E-state index in [2.05, 4.69) is 27.9 Å². The number of hydrogen-bond acceptors (Lipinski definition) is 5. The molecule has 0 radical (unpaired) electrons. The van der Waals surface area contributed by atoms with Gasteiger partial charge in [0.1, 0.15) is 11.3 Å². The molecule has 0 spiro atoms. The molecule has 6 nitrogen and oxygen atoms in total. The molecule has 0 bridgehead atoms. The number of benzene rings is 2. The fraction of sp³-hybridized carbons (Fsp3) is 0.304. The molecule has 3 rings (SSSR count). The zero-order valence-corrected chi connectivity index (χ0v) is 17.4. The van der Waals surface area contributed by atoms with E-state index in [1.807, 2.05) is 49.8 Å². The molecule has 2 aromatic carbocycles. The van der Waals surface area contributed by atoms with E-state index in [-0.39, 0.29) is 0 Å². The summed E-state index contributed by atoms with van der Waals surface area (Å²) in [6.45, 7) is 5.72. The van der Waals surface area contributed by atoms with Gasteiger partial charge in [0.05, 0.1) is 20.5 Å². The van der Waals surface area contributed by atoms with Crippen LogP contribution < -0.4 is 10.1 Å². The van der Waals surface area contributed by atoms with Gasteiger partial charge in [-0.15, -0.1) is 0 Å². The van der Waals surface area contributed by atoms with Crippen LogP contribution in [-0.4, -0.2) is 36.3 Å². The molecule has 0 aliphatic rings. The van der Waals surface area contributed by atoms with E-state index in [1.165, 1.54) is 7.11 Å². The van der Waals surface area contributed by atoms with Crippen LogP contribution in [0.1, 0.15) is 28.0 Å². The summed E-state index contributed by atoms with van der Waals surface area (Å²) in [6.07, 6.45) is 4.70. The standard InChI is InChI=1S/C23H27N3O3/c1-16-12-18(13-20(22(16)28-3)23(27)29-4)19-8-5-6-9-21(19)25-10-7-11-26-15-24-14-17(26)2/h5-6,8-9,12-15,25H,7,10-11H2,1-4H3. The monoisotopic (exact) mass is 393 g/mol. The van der Waals surface area contributed by atoms with Crippen LogP contribution in [0.3, 0.4) is 0 Å². The minimum atomic E-state index is -0.409. The summed E-state index contributed by atoms with van der Waals surface area (Å²) in [6, 6.07) is 11.9.